The number of carbonyl (C=O) groups excluding carboxylic acids is 3. The number of hydrogen-bond acceptors (Lipinski definition) is 6. The van der Waals surface area contributed by atoms with Crippen LogP contribution in [0.3, 0.4) is 0 Å². The summed E-state index contributed by atoms with van der Waals surface area (Å²) in [6.07, 6.45) is 63.8. The van der Waals surface area contributed by atoms with Gasteiger partial charge in [-0.25, -0.2) is 0 Å². The highest BCUT2D eigenvalue weighted by atomic mass is 16.6. The van der Waals surface area contributed by atoms with E-state index in [1.165, 1.54) is 173 Å². The summed E-state index contributed by atoms with van der Waals surface area (Å²) in [4.78, 5) is 38.0. The van der Waals surface area contributed by atoms with Crippen LogP contribution in [0.4, 0.5) is 0 Å². The van der Waals surface area contributed by atoms with Crippen molar-refractivity contribution in [3.8, 4) is 0 Å². The van der Waals surface area contributed by atoms with Crippen LogP contribution in [-0.4, -0.2) is 37.2 Å². The van der Waals surface area contributed by atoms with Crippen molar-refractivity contribution in [3.05, 3.63) is 48.6 Å². The minimum Gasteiger partial charge on any atom is -0.462 e. The highest BCUT2D eigenvalue weighted by Gasteiger charge is 2.19. The van der Waals surface area contributed by atoms with Gasteiger partial charge in [0.25, 0.3) is 0 Å². The summed E-state index contributed by atoms with van der Waals surface area (Å²) in [6.45, 7) is 6.59. The molecule has 0 amide bonds. The van der Waals surface area contributed by atoms with Gasteiger partial charge in [-0.3, -0.25) is 14.4 Å². The molecule has 0 heterocycles. The second kappa shape index (κ2) is 53.0. The Bertz CT molecular complexity index is 1120. The van der Waals surface area contributed by atoms with Gasteiger partial charge >= 0.3 is 17.9 Å². The predicted molar refractivity (Wildman–Crippen MR) is 275 cm³/mol. The van der Waals surface area contributed by atoms with Crippen LogP contribution in [0.1, 0.15) is 284 Å². The minimum atomic E-state index is -0.790. The monoisotopic (exact) mass is 897 g/mol. The molecule has 0 aromatic heterocycles. The molecule has 0 aliphatic heterocycles. The summed E-state index contributed by atoms with van der Waals surface area (Å²) < 4.78 is 16.8. The van der Waals surface area contributed by atoms with Gasteiger partial charge in [-0.2, -0.15) is 0 Å². The van der Waals surface area contributed by atoms with Gasteiger partial charge < -0.3 is 14.2 Å². The van der Waals surface area contributed by atoms with Gasteiger partial charge in [0.2, 0.25) is 0 Å². The van der Waals surface area contributed by atoms with Gasteiger partial charge in [0, 0.05) is 19.3 Å². The molecule has 0 bridgehead atoms. The quantitative estimate of drug-likeness (QED) is 0.0262. The molecule has 0 spiro atoms. The highest BCUT2D eigenvalue weighted by molar-refractivity contribution is 5.71. The fraction of sp³-hybridized carbons (Fsp3) is 0.810. The van der Waals surface area contributed by atoms with Crippen molar-refractivity contribution >= 4 is 17.9 Å². The van der Waals surface area contributed by atoms with Crippen molar-refractivity contribution in [2.24, 2.45) is 0 Å². The fourth-order valence-corrected chi connectivity index (χ4v) is 7.91. The Morgan fingerprint density at radius 2 is 0.578 bits per heavy atom. The molecule has 0 aliphatic carbocycles. The SMILES string of the molecule is CCCCC/C=C\C/C=C\C/C=C\C/C=C\CCCC(=O)OC[C@@H](COC(=O)CCCCCCCCCCCCCCCC)OC(=O)CCCCCCCCCCCCCCCCC. The van der Waals surface area contributed by atoms with Crippen LogP contribution in [-0.2, 0) is 28.6 Å². The summed E-state index contributed by atoms with van der Waals surface area (Å²) >= 11 is 0. The normalized spacial score (nSPS) is 12.4. The summed E-state index contributed by atoms with van der Waals surface area (Å²) in [6, 6.07) is 0. The van der Waals surface area contributed by atoms with E-state index in [0.717, 1.165) is 64.2 Å². The molecular formula is C58H104O6. The molecule has 0 saturated heterocycles. The Morgan fingerprint density at radius 1 is 0.312 bits per heavy atom. The largest absolute Gasteiger partial charge is 0.462 e. The first-order chi connectivity index (χ1) is 31.5. The standard InChI is InChI=1S/C58H104O6/c1-4-7-10-13-16-19-22-25-28-29-31-33-36-39-42-45-48-51-57(60)63-54-55(53-62-56(59)50-47-44-41-38-35-32-27-24-21-18-15-12-9-6-3)64-58(61)52-49-46-43-40-37-34-30-26-23-20-17-14-11-8-5-2/h16,19,25,28,31,33,39,42,55H,4-15,17-18,20-24,26-27,29-30,32,34-38,40-41,43-54H2,1-3H3/b19-16-,28-25-,33-31-,42-39-/t55-/m1/s1. The second-order valence-electron chi connectivity index (χ2n) is 18.5. The molecule has 0 aromatic carbocycles. The average molecular weight is 897 g/mol. The Kier molecular flexibility index (Phi) is 50.8. The second-order valence-corrected chi connectivity index (χ2v) is 18.5. The number of rotatable bonds is 50. The van der Waals surface area contributed by atoms with E-state index in [4.69, 9.17) is 14.2 Å². The van der Waals surface area contributed by atoms with Crippen LogP contribution in [0.5, 0.6) is 0 Å². The van der Waals surface area contributed by atoms with Crippen LogP contribution >= 0.6 is 0 Å². The van der Waals surface area contributed by atoms with E-state index in [9.17, 15) is 14.4 Å². The Balaban J connectivity index is 4.43. The molecule has 64 heavy (non-hydrogen) atoms. The van der Waals surface area contributed by atoms with Crippen molar-refractivity contribution in [2.75, 3.05) is 13.2 Å². The molecule has 0 radical (unpaired) electrons. The van der Waals surface area contributed by atoms with E-state index >= 15 is 0 Å². The van der Waals surface area contributed by atoms with Gasteiger partial charge in [0.15, 0.2) is 6.10 Å². The van der Waals surface area contributed by atoms with Gasteiger partial charge in [-0.15, -0.1) is 0 Å². The summed E-state index contributed by atoms with van der Waals surface area (Å²) in [7, 11) is 0. The van der Waals surface area contributed by atoms with Gasteiger partial charge in [0.1, 0.15) is 13.2 Å². The molecule has 6 nitrogen and oxygen atoms in total. The summed E-state index contributed by atoms with van der Waals surface area (Å²) in [5.74, 6) is -0.930. The third-order valence-corrected chi connectivity index (χ3v) is 12.1. The number of unbranched alkanes of at least 4 members (excludes halogenated alkanes) is 31. The number of esters is 3. The van der Waals surface area contributed by atoms with Crippen molar-refractivity contribution in [1.29, 1.82) is 0 Å². The van der Waals surface area contributed by atoms with E-state index in [1.54, 1.807) is 0 Å². The smallest absolute Gasteiger partial charge is 0.306 e. The van der Waals surface area contributed by atoms with Crippen molar-refractivity contribution in [1.82, 2.24) is 0 Å². The Morgan fingerprint density at radius 3 is 0.938 bits per heavy atom. The van der Waals surface area contributed by atoms with E-state index < -0.39 is 6.10 Å². The zero-order valence-electron chi connectivity index (χ0n) is 42.6. The molecule has 0 N–H and O–H groups in total. The fourth-order valence-electron chi connectivity index (χ4n) is 7.91. The van der Waals surface area contributed by atoms with Gasteiger partial charge in [-0.1, -0.05) is 256 Å². The molecule has 0 rings (SSSR count). The summed E-state index contributed by atoms with van der Waals surface area (Å²) in [5.41, 5.74) is 0. The number of carbonyl (C=O) groups is 3. The van der Waals surface area contributed by atoms with E-state index in [1.807, 2.05) is 0 Å². The lowest BCUT2D eigenvalue weighted by Gasteiger charge is -2.18. The first kappa shape index (κ1) is 61.4. The minimum absolute atomic E-state index is 0.0858. The van der Waals surface area contributed by atoms with E-state index in [-0.39, 0.29) is 37.5 Å². The Hall–Kier alpha value is -2.63. The predicted octanol–water partition coefficient (Wildman–Crippen LogP) is 18.3. The van der Waals surface area contributed by atoms with Crippen molar-refractivity contribution in [2.45, 2.75) is 290 Å². The molecular weight excluding hydrogens is 793 g/mol. The average Bonchev–Trinajstić information content (AvgIpc) is 3.29. The molecule has 0 unspecified atom stereocenters. The summed E-state index contributed by atoms with van der Waals surface area (Å²) in [5, 5.41) is 0. The maximum Gasteiger partial charge on any atom is 0.306 e. The third kappa shape index (κ3) is 50.4. The molecule has 0 aliphatic rings. The zero-order valence-corrected chi connectivity index (χ0v) is 42.6. The molecule has 0 fully saturated rings. The van der Waals surface area contributed by atoms with Crippen molar-refractivity contribution in [3.63, 3.8) is 0 Å². The van der Waals surface area contributed by atoms with Crippen LogP contribution in [0.25, 0.3) is 0 Å². The highest BCUT2D eigenvalue weighted by Crippen LogP contribution is 2.16. The lowest BCUT2D eigenvalue weighted by Crippen LogP contribution is -2.30. The number of hydrogen-bond donors (Lipinski definition) is 0. The third-order valence-electron chi connectivity index (χ3n) is 12.1. The lowest BCUT2D eigenvalue weighted by molar-refractivity contribution is -0.167. The van der Waals surface area contributed by atoms with Crippen molar-refractivity contribution < 1.29 is 28.6 Å². The molecule has 0 aromatic rings. The first-order valence-electron chi connectivity index (χ1n) is 27.6. The van der Waals surface area contributed by atoms with Crippen LogP contribution in [0.15, 0.2) is 48.6 Å². The van der Waals surface area contributed by atoms with E-state index in [0.29, 0.717) is 19.3 Å². The van der Waals surface area contributed by atoms with Crippen LogP contribution in [0, 0.1) is 0 Å². The number of ether oxygens (including phenoxy) is 3. The van der Waals surface area contributed by atoms with Crippen LogP contribution in [0.2, 0.25) is 0 Å². The first-order valence-corrected chi connectivity index (χ1v) is 27.6. The number of allylic oxidation sites excluding steroid dienone is 8. The Labute approximate surface area is 397 Å². The maximum atomic E-state index is 12.8. The topological polar surface area (TPSA) is 78.9 Å². The molecule has 6 heteroatoms. The van der Waals surface area contributed by atoms with Crippen LogP contribution < -0.4 is 0 Å². The van der Waals surface area contributed by atoms with Gasteiger partial charge in [-0.05, 0) is 57.8 Å². The zero-order chi connectivity index (χ0) is 46.5. The maximum absolute atomic E-state index is 12.8. The lowest BCUT2D eigenvalue weighted by atomic mass is 10.0. The van der Waals surface area contributed by atoms with E-state index in [2.05, 4.69) is 69.4 Å². The van der Waals surface area contributed by atoms with Gasteiger partial charge in [0.05, 0.1) is 0 Å². The molecule has 0 saturated carbocycles. The molecule has 1 atom stereocenters. The molecule has 372 valence electrons.